The fourth-order valence-corrected chi connectivity index (χ4v) is 3.30. The highest BCUT2D eigenvalue weighted by Gasteiger charge is 2.51. The summed E-state index contributed by atoms with van der Waals surface area (Å²) in [4.78, 5) is 24.0. The van der Waals surface area contributed by atoms with Gasteiger partial charge in [-0.15, -0.1) is 0 Å². The number of carbonyl (C=O) groups is 2. The summed E-state index contributed by atoms with van der Waals surface area (Å²) < 4.78 is 13.0. The van der Waals surface area contributed by atoms with Crippen LogP contribution < -0.4 is 16.0 Å². The number of rotatable bonds is 3. The molecule has 21 heavy (non-hydrogen) atoms. The first-order valence-electron chi connectivity index (χ1n) is 7.19. The molecule has 5 nitrogen and oxygen atoms in total. The number of amides is 3. The number of imide groups is 1. The van der Waals surface area contributed by atoms with Crippen LogP contribution in [-0.4, -0.2) is 30.6 Å². The van der Waals surface area contributed by atoms with Gasteiger partial charge in [0, 0.05) is 6.42 Å². The predicted octanol–water partition coefficient (Wildman–Crippen LogP) is 0.946. The zero-order chi connectivity index (χ0) is 14.9. The SMILES string of the molecule is O=C1NC(=O)[C@@](Cc2ccc(F)cc2)(C2CCNCC2)N1. The molecule has 1 aromatic carbocycles. The maximum absolute atomic E-state index is 13.0. The van der Waals surface area contributed by atoms with Crippen molar-refractivity contribution in [3.8, 4) is 0 Å². The molecule has 0 spiro atoms. The molecule has 2 heterocycles. The molecule has 2 fully saturated rings. The Kier molecular flexibility index (Phi) is 3.63. The van der Waals surface area contributed by atoms with Gasteiger partial charge in [-0.25, -0.2) is 9.18 Å². The minimum atomic E-state index is -0.920. The lowest BCUT2D eigenvalue weighted by Gasteiger charge is -2.37. The smallest absolute Gasteiger partial charge is 0.322 e. The predicted molar refractivity (Wildman–Crippen MR) is 75.1 cm³/mol. The van der Waals surface area contributed by atoms with Gasteiger partial charge in [-0.1, -0.05) is 12.1 Å². The molecule has 0 aliphatic carbocycles. The van der Waals surface area contributed by atoms with Crippen molar-refractivity contribution >= 4 is 11.9 Å². The molecule has 2 aliphatic rings. The van der Waals surface area contributed by atoms with E-state index in [4.69, 9.17) is 0 Å². The van der Waals surface area contributed by atoms with Crippen molar-refractivity contribution in [3.05, 3.63) is 35.6 Å². The first-order chi connectivity index (χ1) is 10.1. The third-order valence-electron chi connectivity index (χ3n) is 4.40. The second-order valence-corrected chi connectivity index (χ2v) is 5.71. The molecule has 0 saturated carbocycles. The molecule has 0 aromatic heterocycles. The Hall–Kier alpha value is -1.95. The third-order valence-corrected chi connectivity index (χ3v) is 4.40. The quantitative estimate of drug-likeness (QED) is 0.726. The zero-order valence-electron chi connectivity index (χ0n) is 11.6. The second-order valence-electron chi connectivity index (χ2n) is 5.71. The molecular weight excluding hydrogens is 273 g/mol. The zero-order valence-corrected chi connectivity index (χ0v) is 11.6. The second kappa shape index (κ2) is 5.44. The maximum Gasteiger partial charge on any atom is 0.322 e. The van der Waals surface area contributed by atoms with Crippen LogP contribution in [0.15, 0.2) is 24.3 Å². The summed E-state index contributed by atoms with van der Waals surface area (Å²) in [6, 6.07) is 5.63. The van der Waals surface area contributed by atoms with E-state index in [9.17, 15) is 14.0 Å². The van der Waals surface area contributed by atoms with Crippen LogP contribution in [0.5, 0.6) is 0 Å². The Morgan fingerprint density at radius 3 is 2.38 bits per heavy atom. The van der Waals surface area contributed by atoms with Crippen LogP contribution in [0.25, 0.3) is 0 Å². The van der Waals surface area contributed by atoms with Gasteiger partial charge in [0.2, 0.25) is 0 Å². The first-order valence-corrected chi connectivity index (χ1v) is 7.19. The van der Waals surface area contributed by atoms with Gasteiger partial charge in [-0.2, -0.15) is 0 Å². The molecular formula is C15H18FN3O2. The van der Waals surface area contributed by atoms with Crippen LogP contribution >= 0.6 is 0 Å². The molecule has 1 aromatic rings. The minimum absolute atomic E-state index is 0.0789. The molecule has 0 bridgehead atoms. The lowest BCUT2D eigenvalue weighted by Crippen LogP contribution is -2.57. The molecule has 3 rings (SSSR count). The van der Waals surface area contributed by atoms with Crippen LogP contribution in [0.2, 0.25) is 0 Å². The monoisotopic (exact) mass is 291 g/mol. The Morgan fingerprint density at radius 2 is 1.81 bits per heavy atom. The Bertz CT molecular complexity index is 555. The van der Waals surface area contributed by atoms with E-state index in [2.05, 4.69) is 16.0 Å². The summed E-state index contributed by atoms with van der Waals surface area (Å²) in [6.07, 6.45) is 2.04. The van der Waals surface area contributed by atoms with E-state index < -0.39 is 11.6 Å². The van der Waals surface area contributed by atoms with Gasteiger partial charge in [0.15, 0.2) is 0 Å². The largest absolute Gasteiger partial charge is 0.323 e. The summed E-state index contributed by atoms with van der Waals surface area (Å²) in [5, 5.41) is 8.44. The van der Waals surface area contributed by atoms with E-state index in [0.29, 0.717) is 6.42 Å². The maximum atomic E-state index is 13.0. The standard InChI is InChI=1S/C15H18FN3O2/c16-12-3-1-10(2-4-12)9-15(11-5-7-17-8-6-11)13(20)18-14(21)19-15/h1-4,11,17H,5-9H2,(H2,18,19,20,21)/t15-/m1/s1. The Morgan fingerprint density at radius 1 is 1.14 bits per heavy atom. The van der Waals surface area contributed by atoms with Crippen molar-refractivity contribution in [1.82, 2.24) is 16.0 Å². The van der Waals surface area contributed by atoms with Crippen LogP contribution in [0.4, 0.5) is 9.18 Å². The number of hydrogen-bond donors (Lipinski definition) is 3. The minimum Gasteiger partial charge on any atom is -0.323 e. The summed E-state index contributed by atoms with van der Waals surface area (Å²) >= 11 is 0. The lowest BCUT2D eigenvalue weighted by atomic mass is 9.74. The van der Waals surface area contributed by atoms with Crippen molar-refractivity contribution in [3.63, 3.8) is 0 Å². The topological polar surface area (TPSA) is 70.2 Å². The number of piperidine rings is 1. The van der Waals surface area contributed by atoms with Gasteiger partial charge in [-0.05, 0) is 49.5 Å². The summed E-state index contributed by atoms with van der Waals surface area (Å²) in [6.45, 7) is 1.66. The molecule has 0 unspecified atom stereocenters. The van der Waals surface area contributed by atoms with Crippen molar-refractivity contribution in [2.24, 2.45) is 5.92 Å². The van der Waals surface area contributed by atoms with Gasteiger partial charge in [-0.3, -0.25) is 10.1 Å². The highest BCUT2D eigenvalue weighted by molar-refractivity contribution is 6.07. The van der Waals surface area contributed by atoms with Crippen molar-refractivity contribution in [1.29, 1.82) is 0 Å². The van der Waals surface area contributed by atoms with Gasteiger partial charge >= 0.3 is 6.03 Å². The summed E-state index contributed by atoms with van der Waals surface area (Å²) in [5.41, 5.74) is -0.0796. The number of benzene rings is 1. The Labute approximate surface area is 122 Å². The van der Waals surface area contributed by atoms with Crippen molar-refractivity contribution in [2.75, 3.05) is 13.1 Å². The van der Waals surface area contributed by atoms with E-state index in [-0.39, 0.29) is 17.6 Å². The molecule has 6 heteroatoms. The third kappa shape index (κ3) is 2.63. The number of halogens is 1. The molecule has 112 valence electrons. The average molecular weight is 291 g/mol. The fraction of sp³-hybridized carbons (Fsp3) is 0.467. The normalized spacial score (nSPS) is 26.5. The number of nitrogens with one attached hydrogen (secondary N) is 3. The number of urea groups is 1. The molecule has 2 aliphatic heterocycles. The van der Waals surface area contributed by atoms with E-state index >= 15 is 0 Å². The average Bonchev–Trinajstić information content (AvgIpc) is 2.77. The summed E-state index contributed by atoms with van der Waals surface area (Å²) in [7, 11) is 0. The van der Waals surface area contributed by atoms with Gasteiger partial charge in [0.05, 0.1) is 0 Å². The highest BCUT2D eigenvalue weighted by atomic mass is 19.1. The van der Waals surface area contributed by atoms with Gasteiger partial charge in [0.25, 0.3) is 5.91 Å². The van der Waals surface area contributed by atoms with Crippen LogP contribution in [0.1, 0.15) is 18.4 Å². The Balaban J connectivity index is 1.90. The molecule has 1 atom stereocenters. The first kappa shape index (κ1) is 14.0. The highest BCUT2D eigenvalue weighted by Crippen LogP contribution is 2.32. The number of carbonyl (C=O) groups excluding carboxylic acids is 2. The lowest BCUT2D eigenvalue weighted by molar-refractivity contribution is -0.126. The van der Waals surface area contributed by atoms with Crippen LogP contribution in [0, 0.1) is 11.7 Å². The van der Waals surface area contributed by atoms with E-state index in [1.165, 1.54) is 12.1 Å². The molecule has 0 radical (unpaired) electrons. The molecule has 3 amide bonds. The number of hydrogen-bond acceptors (Lipinski definition) is 3. The molecule has 3 N–H and O–H groups in total. The van der Waals surface area contributed by atoms with E-state index in [1.54, 1.807) is 12.1 Å². The van der Waals surface area contributed by atoms with E-state index in [0.717, 1.165) is 31.5 Å². The van der Waals surface area contributed by atoms with Crippen LogP contribution in [0.3, 0.4) is 0 Å². The molecule has 2 saturated heterocycles. The fourth-order valence-electron chi connectivity index (χ4n) is 3.30. The van der Waals surface area contributed by atoms with E-state index in [1.807, 2.05) is 0 Å². The summed E-state index contributed by atoms with van der Waals surface area (Å²) in [5.74, 6) is -0.506. The van der Waals surface area contributed by atoms with Crippen molar-refractivity contribution in [2.45, 2.75) is 24.8 Å². The van der Waals surface area contributed by atoms with Gasteiger partial charge in [0.1, 0.15) is 11.4 Å². The van der Waals surface area contributed by atoms with Crippen LogP contribution in [-0.2, 0) is 11.2 Å². The van der Waals surface area contributed by atoms with Crippen molar-refractivity contribution < 1.29 is 14.0 Å². The van der Waals surface area contributed by atoms with Gasteiger partial charge < -0.3 is 10.6 Å².